The minimum Gasteiger partial charge on any atom is -0.317 e. The van der Waals surface area contributed by atoms with Crippen LogP contribution in [0.3, 0.4) is 0 Å². The summed E-state index contributed by atoms with van der Waals surface area (Å²) in [7, 11) is 0. The molecule has 2 nitrogen and oxygen atoms in total. The van der Waals surface area contributed by atoms with Crippen LogP contribution in [0.15, 0.2) is 0 Å². The van der Waals surface area contributed by atoms with E-state index in [0.29, 0.717) is 12.0 Å². The molecular formula is C11H26N2S2. The van der Waals surface area contributed by atoms with E-state index in [0.717, 1.165) is 31.1 Å². The third-order valence-corrected chi connectivity index (χ3v) is 3.53. The van der Waals surface area contributed by atoms with Gasteiger partial charge in [0.25, 0.3) is 0 Å². The van der Waals surface area contributed by atoms with Gasteiger partial charge in [0, 0.05) is 11.8 Å². The molecule has 0 aliphatic rings. The van der Waals surface area contributed by atoms with Crippen LogP contribution in [0.4, 0.5) is 0 Å². The van der Waals surface area contributed by atoms with Gasteiger partial charge in [-0.15, -0.1) is 0 Å². The SMILES string of the molecule is CCNC[C@H](CS)CC[C@@H](CS)NCC. The zero-order chi connectivity index (χ0) is 11.5. The molecule has 92 valence electrons. The summed E-state index contributed by atoms with van der Waals surface area (Å²) in [5.74, 6) is 2.58. The van der Waals surface area contributed by atoms with Gasteiger partial charge in [-0.25, -0.2) is 0 Å². The molecule has 0 aromatic heterocycles. The van der Waals surface area contributed by atoms with E-state index in [1.54, 1.807) is 0 Å². The summed E-state index contributed by atoms with van der Waals surface area (Å²) in [6, 6.07) is 0.558. The third-order valence-electron chi connectivity index (χ3n) is 2.58. The van der Waals surface area contributed by atoms with Crippen molar-refractivity contribution in [2.24, 2.45) is 5.92 Å². The Morgan fingerprint density at radius 2 is 1.73 bits per heavy atom. The van der Waals surface area contributed by atoms with Crippen LogP contribution in [0.1, 0.15) is 26.7 Å². The minimum atomic E-state index is 0.558. The van der Waals surface area contributed by atoms with E-state index in [4.69, 9.17) is 0 Å². The van der Waals surface area contributed by atoms with Gasteiger partial charge in [0.15, 0.2) is 0 Å². The number of hydrogen-bond acceptors (Lipinski definition) is 4. The molecule has 0 aromatic carbocycles. The predicted molar refractivity (Wildman–Crippen MR) is 76.4 cm³/mol. The highest BCUT2D eigenvalue weighted by Gasteiger charge is 2.10. The van der Waals surface area contributed by atoms with Gasteiger partial charge in [-0.2, -0.15) is 25.3 Å². The lowest BCUT2D eigenvalue weighted by Gasteiger charge is -2.19. The Morgan fingerprint density at radius 3 is 2.20 bits per heavy atom. The number of thiol groups is 2. The maximum atomic E-state index is 4.39. The monoisotopic (exact) mass is 250 g/mol. The molecule has 0 rings (SSSR count). The highest BCUT2D eigenvalue weighted by molar-refractivity contribution is 7.80. The van der Waals surface area contributed by atoms with Gasteiger partial charge in [-0.3, -0.25) is 0 Å². The lowest BCUT2D eigenvalue weighted by molar-refractivity contribution is 0.432. The van der Waals surface area contributed by atoms with Crippen molar-refractivity contribution in [3.05, 3.63) is 0 Å². The average Bonchev–Trinajstić information content (AvgIpc) is 2.27. The number of rotatable bonds is 10. The first-order valence-corrected chi connectivity index (χ1v) is 7.20. The Bertz CT molecular complexity index is 134. The summed E-state index contributed by atoms with van der Waals surface area (Å²) in [5.41, 5.74) is 0. The fourth-order valence-corrected chi connectivity index (χ4v) is 2.21. The van der Waals surface area contributed by atoms with Crippen molar-refractivity contribution in [3.63, 3.8) is 0 Å². The summed E-state index contributed by atoms with van der Waals surface area (Å²) in [6.07, 6.45) is 2.43. The van der Waals surface area contributed by atoms with Crippen LogP contribution in [0.2, 0.25) is 0 Å². The Balaban J connectivity index is 3.66. The van der Waals surface area contributed by atoms with Crippen LogP contribution in [0, 0.1) is 5.92 Å². The molecule has 0 heterocycles. The first-order chi connectivity index (χ1) is 7.28. The van der Waals surface area contributed by atoms with E-state index in [1.807, 2.05) is 0 Å². The molecule has 0 aliphatic heterocycles. The smallest absolute Gasteiger partial charge is 0.0155 e. The molecular weight excluding hydrogens is 224 g/mol. The Morgan fingerprint density at radius 1 is 1.00 bits per heavy atom. The molecule has 0 radical (unpaired) electrons. The van der Waals surface area contributed by atoms with E-state index in [9.17, 15) is 0 Å². The third kappa shape index (κ3) is 8.43. The fraction of sp³-hybridized carbons (Fsp3) is 1.00. The second-order valence-corrected chi connectivity index (χ2v) is 4.60. The Hall–Kier alpha value is 0.620. The summed E-state index contributed by atoms with van der Waals surface area (Å²) in [6.45, 7) is 7.46. The number of nitrogens with one attached hydrogen (secondary N) is 2. The summed E-state index contributed by atoms with van der Waals surface area (Å²) in [5, 5.41) is 6.83. The van der Waals surface area contributed by atoms with Crippen LogP contribution in [0.25, 0.3) is 0 Å². The molecule has 0 spiro atoms. The second-order valence-electron chi connectivity index (χ2n) is 3.87. The molecule has 4 heteroatoms. The molecule has 0 bridgehead atoms. The predicted octanol–water partition coefficient (Wildman–Crippen LogP) is 1.83. The summed E-state index contributed by atoms with van der Waals surface area (Å²) >= 11 is 8.75. The van der Waals surface area contributed by atoms with Crippen LogP contribution in [-0.4, -0.2) is 37.2 Å². The van der Waals surface area contributed by atoms with Gasteiger partial charge in [0.05, 0.1) is 0 Å². The van der Waals surface area contributed by atoms with Crippen LogP contribution >= 0.6 is 25.3 Å². The van der Waals surface area contributed by atoms with Gasteiger partial charge >= 0.3 is 0 Å². The maximum Gasteiger partial charge on any atom is 0.0155 e. The second kappa shape index (κ2) is 11.1. The zero-order valence-electron chi connectivity index (χ0n) is 10.00. The van der Waals surface area contributed by atoms with Crippen molar-refractivity contribution >= 4 is 25.3 Å². The van der Waals surface area contributed by atoms with Crippen LogP contribution in [0.5, 0.6) is 0 Å². The molecule has 0 aromatic rings. The standard InChI is InChI=1S/C11H26N2S2/c1-3-12-7-10(8-14)5-6-11(9-15)13-4-2/h10-15H,3-9H2,1-2H3/t10-,11+/m1/s1. The van der Waals surface area contributed by atoms with Gasteiger partial charge in [0.2, 0.25) is 0 Å². The van der Waals surface area contributed by atoms with Gasteiger partial charge < -0.3 is 10.6 Å². The van der Waals surface area contributed by atoms with E-state index < -0.39 is 0 Å². The fourth-order valence-electron chi connectivity index (χ4n) is 1.59. The molecule has 0 saturated carbocycles. The van der Waals surface area contributed by atoms with Crippen molar-refractivity contribution in [1.82, 2.24) is 10.6 Å². The maximum absolute atomic E-state index is 4.39. The largest absolute Gasteiger partial charge is 0.317 e. The Kier molecular flexibility index (Phi) is 11.6. The summed E-state index contributed by atoms with van der Waals surface area (Å²) in [4.78, 5) is 0. The summed E-state index contributed by atoms with van der Waals surface area (Å²) < 4.78 is 0. The lowest BCUT2D eigenvalue weighted by atomic mass is 10.0. The van der Waals surface area contributed by atoms with Crippen molar-refractivity contribution in [3.8, 4) is 0 Å². The van der Waals surface area contributed by atoms with E-state index in [-0.39, 0.29) is 0 Å². The van der Waals surface area contributed by atoms with E-state index in [2.05, 4.69) is 49.7 Å². The van der Waals surface area contributed by atoms with Gasteiger partial charge in [-0.05, 0) is 44.1 Å². The van der Waals surface area contributed by atoms with Crippen molar-refractivity contribution < 1.29 is 0 Å². The first-order valence-electron chi connectivity index (χ1n) is 5.94. The zero-order valence-corrected chi connectivity index (χ0v) is 11.8. The first kappa shape index (κ1) is 15.6. The quantitative estimate of drug-likeness (QED) is 0.445. The normalized spacial score (nSPS) is 15.2. The minimum absolute atomic E-state index is 0.558. The molecule has 0 amide bonds. The molecule has 0 aliphatic carbocycles. The van der Waals surface area contributed by atoms with Crippen molar-refractivity contribution in [2.45, 2.75) is 32.7 Å². The van der Waals surface area contributed by atoms with Gasteiger partial charge in [0.1, 0.15) is 0 Å². The van der Waals surface area contributed by atoms with Crippen LogP contribution in [-0.2, 0) is 0 Å². The van der Waals surface area contributed by atoms with Gasteiger partial charge in [-0.1, -0.05) is 13.8 Å². The van der Waals surface area contributed by atoms with Crippen molar-refractivity contribution in [2.75, 3.05) is 31.1 Å². The highest BCUT2D eigenvalue weighted by Crippen LogP contribution is 2.10. The molecule has 15 heavy (non-hydrogen) atoms. The van der Waals surface area contributed by atoms with E-state index in [1.165, 1.54) is 12.8 Å². The molecule has 2 N–H and O–H groups in total. The van der Waals surface area contributed by atoms with E-state index >= 15 is 0 Å². The molecule has 0 saturated heterocycles. The molecule has 2 atom stereocenters. The molecule has 0 fully saturated rings. The lowest BCUT2D eigenvalue weighted by Crippen LogP contribution is -2.32. The molecule has 0 unspecified atom stereocenters. The number of hydrogen-bond donors (Lipinski definition) is 4. The average molecular weight is 250 g/mol. The van der Waals surface area contributed by atoms with Crippen molar-refractivity contribution in [1.29, 1.82) is 0 Å². The topological polar surface area (TPSA) is 24.1 Å². The van der Waals surface area contributed by atoms with Crippen LogP contribution < -0.4 is 10.6 Å². The Labute approximate surface area is 106 Å². The highest BCUT2D eigenvalue weighted by atomic mass is 32.1.